The topological polar surface area (TPSA) is 39.9 Å². The number of hydrogen-bond donors (Lipinski definition) is 0. The zero-order chi connectivity index (χ0) is 11.5. The van der Waals surface area contributed by atoms with Gasteiger partial charge in [-0.05, 0) is 63.9 Å². The van der Waals surface area contributed by atoms with Crippen molar-refractivity contribution in [2.75, 3.05) is 13.1 Å². The van der Waals surface area contributed by atoms with E-state index in [4.69, 9.17) is 0 Å². The fraction of sp³-hybridized carbons (Fsp3) is 0.455. The van der Waals surface area contributed by atoms with Crippen molar-refractivity contribution >= 4 is 31.9 Å². The third kappa shape index (κ3) is 2.45. The van der Waals surface area contributed by atoms with Gasteiger partial charge in [0.2, 0.25) is 0 Å². The van der Waals surface area contributed by atoms with Crippen LogP contribution in [0.1, 0.15) is 24.6 Å². The first kappa shape index (κ1) is 12.0. The average molecular weight is 345 g/mol. The maximum atomic E-state index is 9.27. The first-order valence-electron chi connectivity index (χ1n) is 5.17. The highest BCUT2D eigenvalue weighted by atomic mass is 79.9. The molecule has 0 amide bonds. The van der Waals surface area contributed by atoms with Crippen LogP contribution in [0.25, 0.3) is 0 Å². The van der Waals surface area contributed by atoms with Gasteiger partial charge in [-0.15, -0.1) is 0 Å². The minimum Gasteiger partial charge on any atom is -0.283 e. The minimum absolute atomic E-state index is 0.232. The molecule has 1 aromatic heterocycles. The summed E-state index contributed by atoms with van der Waals surface area (Å²) >= 11 is 6.83. The van der Waals surface area contributed by atoms with Gasteiger partial charge in [-0.1, -0.05) is 0 Å². The molecule has 16 heavy (non-hydrogen) atoms. The Labute approximate surface area is 112 Å². The molecule has 0 spiro atoms. The second kappa shape index (κ2) is 5.26. The molecule has 1 saturated heterocycles. The summed E-state index contributed by atoms with van der Waals surface area (Å²) in [5.74, 6) is 0. The molecular formula is C11H11Br2N3. The third-order valence-corrected chi connectivity index (χ3v) is 3.79. The van der Waals surface area contributed by atoms with Gasteiger partial charge in [0, 0.05) is 15.1 Å². The van der Waals surface area contributed by atoms with E-state index in [1.807, 2.05) is 6.07 Å². The van der Waals surface area contributed by atoms with Crippen molar-refractivity contribution in [1.82, 2.24) is 9.88 Å². The second-order valence-electron chi connectivity index (χ2n) is 3.80. The zero-order valence-corrected chi connectivity index (χ0v) is 11.8. The lowest BCUT2D eigenvalue weighted by Gasteiger charge is -2.21. The summed E-state index contributed by atoms with van der Waals surface area (Å²) in [6, 6.07) is 4.04. The number of rotatable bonds is 2. The predicted octanol–water partition coefficient (Wildman–Crippen LogP) is 3.27. The van der Waals surface area contributed by atoms with Crippen LogP contribution in [0.4, 0.5) is 0 Å². The number of halogens is 2. The molecule has 0 N–H and O–H groups in total. The van der Waals surface area contributed by atoms with E-state index in [0.717, 1.165) is 27.7 Å². The molecule has 84 valence electrons. The van der Waals surface area contributed by atoms with Gasteiger partial charge in [0.25, 0.3) is 0 Å². The fourth-order valence-corrected chi connectivity index (χ4v) is 3.15. The third-order valence-electron chi connectivity index (χ3n) is 2.72. The number of nitriles is 1. The normalized spacial score (nSPS) is 18.3. The highest BCUT2D eigenvalue weighted by molar-refractivity contribution is 9.11. The zero-order valence-electron chi connectivity index (χ0n) is 8.66. The number of pyridine rings is 1. The van der Waals surface area contributed by atoms with Gasteiger partial charge in [-0.2, -0.15) is 5.26 Å². The smallest absolute Gasteiger partial charge is 0.142 e. The van der Waals surface area contributed by atoms with Crippen LogP contribution in [-0.4, -0.2) is 23.0 Å². The van der Waals surface area contributed by atoms with Crippen LogP contribution >= 0.6 is 31.9 Å². The van der Waals surface area contributed by atoms with Crippen molar-refractivity contribution in [2.24, 2.45) is 0 Å². The average Bonchev–Trinajstić information content (AvgIpc) is 2.75. The lowest BCUT2D eigenvalue weighted by Crippen LogP contribution is -2.25. The summed E-state index contributed by atoms with van der Waals surface area (Å²) in [4.78, 5) is 6.52. The summed E-state index contributed by atoms with van der Waals surface area (Å²) in [6.07, 6.45) is 4.08. The number of hydrogen-bond acceptors (Lipinski definition) is 3. The van der Waals surface area contributed by atoms with Crippen LogP contribution in [0.3, 0.4) is 0 Å². The fourth-order valence-electron chi connectivity index (χ4n) is 1.94. The Morgan fingerprint density at radius 2 is 2.06 bits per heavy atom. The molecule has 5 heteroatoms. The molecule has 1 fully saturated rings. The van der Waals surface area contributed by atoms with E-state index in [2.05, 4.69) is 47.8 Å². The van der Waals surface area contributed by atoms with E-state index in [1.54, 1.807) is 6.20 Å². The molecule has 3 nitrogen and oxygen atoms in total. The lowest BCUT2D eigenvalue weighted by molar-refractivity contribution is 0.289. The molecule has 1 unspecified atom stereocenters. The minimum atomic E-state index is -0.232. The van der Waals surface area contributed by atoms with Crippen LogP contribution in [0, 0.1) is 11.3 Å². The number of likely N-dealkylation sites (tertiary alicyclic amines) is 1. The summed E-state index contributed by atoms with van der Waals surface area (Å²) < 4.78 is 1.81. The van der Waals surface area contributed by atoms with Gasteiger partial charge in [-0.25, -0.2) is 0 Å². The Morgan fingerprint density at radius 3 is 2.62 bits per heavy atom. The van der Waals surface area contributed by atoms with Gasteiger partial charge in [0.1, 0.15) is 6.04 Å². The highest BCUT2D eigenvalue weighted by Crippen LogP contribution is 2.29. The van der Waals surface area contributed by atoms with E-state index in [1.165, 1.54) is 12.8 Å². The molecule has 0 radical (unpaired) electrons. The maximum Gasteiger partial charge on any atom is 0.142 e. The van der Waals surface area contributed by atoms with E-state index in [-0.39, 0.29) is 6.04 Å². The maximum absolute atomic E-state index is 9.27. The van der Waals surface area contributed by atoms with Crippen molar-refractivity contribution in [2.45, 2.75) is 18.9 Å². The first-order chi connectivity index (χ1) is 7.72. The SMILES string of the molecule is N#CC(c1ncc(Br)cc1Br)N1CCCC1. The largest absolute Gasteiger partial charge is 0.283 e. The highest BCUT2D eigenvalue weighted by Gasteiger charge is 2.25. The number of aromatic nitrogens is 1. The van der Waals surface area contributed by atoms with Gasteiger partial charge in [-0.3, -0.25) is 9.88 Å². The van der Waals surface area contributed by atoms with Gasteiger partial charge < -0.3 is 0 Å². The molecule has 0 bridgehead atoms. The molecule has 1 aliphatic rings. The molecule has 2 rings (SSSR count). The standard InChI is InChI=1S/C11H11Br2N3/c12-8-5-9(13)11(15-7-8)10(6-14)16-3-1-2-4-16/h5,7,10H,1-4H2. The summed E-state index contributed by atoms with van der Waals surface area (Å²) in [5, 5.41) is 9.27. The lowest BCUT2D eigenvalue weighted by atomic mass is 10.2. The molecule has 1 atom stereocenters. The molecule has 0 saturated carbocycles. The van der Waals surface area contributed by atoms with E-state index < -0.39 is 0 Å². The molecule has 1 aromatic rings. The van der Waals surface area contributed by atoms with E-state index in [0.29, 0.717) is 0 Å². The predicted molar refractivity (Wildman–Crippen MR) is 68.8 cm³/mol. The summed E-state index contributed by atoms with van der Waals surface area (Å²) in [6.45, 7) is 1.98. The second-order valence-corrected chi connectivity index (χ2v) is 5.57. The van der Waals surface area contributed by atoms with E-state index >= 15 is 0 Å². The summed E-state index contributed by atoms with van der Waals surface area (Å²) in [7, 11) is 0. The molecule has 0 aliphatic carbocycles. The van der Waals surface area contributed by atoms with Crippen LogP contribution in [0.5, 0.6) is 0 Å². The first-order valence-corrected chi connectivity index (χ1v) is 6.75. The molecular weight excluding hydrogens is 334 g/mol. The van der Waals surface area contributed by atoms with Crippen LogP contribution in [-0.2, 0) is 0 Å². The van der Waals surface area contributed by atoms with E-state index in [9.17, 15) is 5.26 Å². The van der Waals surface area contributed by atoms with Crippen LogP contribution < -0.4 is 0 Å². The summed E-state index contributed by atoms with van der Waals surface area (Å²) in [5.41, 5.74) is 0.813. The number of nitrogens with zero attached hydrogens (tertiary/aromatic N) is 3. The van der Waals surface area contributed by atoms with Gasteiger partial charge in [0.15, 0.2) is 0 Å². The Balaban J connectivity index is 2.30. The van der Waals surface area contributed by atoms with Gasteiger partial charge >= 0.3 is 0 Å². The Hall–Kier alpha value is -0.440. The molecule has 2 heterocycles. The van der Waals surface area contributed by atoms with Crippen LogP contribution in [0.15, 0.2) is 21.2 Å². The van der Waals surface area contributed by atoms with Crippen molar-refractivity contribution in [3.8, 4) is 6.07 Å². The Kier molecular flexibility index (Phi) is 3.95. The van der Waals surface area contributed by atoms with Crippen molar-refractivity contribution in [3.05, 3.63) is 26.9 Å². The van der Waals surface area contributed by atoms with Crippen molar-refractivity contribution in [3.63, 3.8) is 0 Å². The molecule has 1 aliphatic heterocycles. The monoisotopic (exact) mass is 343 g/mol. The van der Waals surface area contributed by atoms with Crippen LogP contribution in [0.2, 0.25) is 0 Å². The quantitative estimate of drug-likeness (QED) is 0.826. The van der Waals surface area contributed by atoms with Crippen molar-refractivity contribution in [1.29, 1.82) is 5.26 Å². The molecule has 0 aromatic carbocycles. The van der Waals surface area contributed by atoms with Gasteiger partial charge in [0.05, 0.1) is 11.8 Å². The Bertz CT molecular complexity index is 422. The van der Waals surface area contributed by atoms with Crippen molar-refractivity contribution < 1.29 is 0 Å². The Morgan fingerprint density at radius 1 is 1.38 bits per heavy atom.